The summed E-state index contributed by atoms with van der Waals surface area (Å²) in [5.41, 5.74) is 0. The molecule has 2 amide bonds. The summed E-state index contributed by atoms with van der Waals surface area (Å²) >= 11 is 0. The van der Waals surface area contributed by atoms with E-state index in [0.29, 0.717) is 18.9 Å². The van der Waals surface area contributed by atoms with Gasteiger partial charge in [0.2, 0.25) is 5.95 Å². The third-order valence-electron chi connectivity index (χ3n) is 3.26. The van der Waals surface area contributed by atoms with Gasteiger partial charge in [0.05, 0.1) is 6.54 Å². The Bertz CT molecular complexity index is 665. The Morgan fingerprint density at radius 1 is 1.41 bits per heavy atom. The van der Waals surface area contributed by atoms with Crippen molar-refractivity contribution in [3.8, 4) is 11.5 Å². The van der Waals surface area contributed by atoms with Crippen LogP contribution < -0.4 is 20.1 Å². The van der Waals surface area contributed by atoms with Gasteiger partial charge in [-0.3, -0.25) is 10.00 Å². The van der Waals surface area contributed by atoms with Crippen LogP contribution in [0.15, 0.2) is 24.3 Å². The largest absolute Gasteiger partial charge is 0.486 e. The molecule has 2 aromatic rings. The summed E-state index contributed by atoms with van der Waals surface area (Å²) in [6.45, 7) is 2.52. The number of para-hydroxylation sites is 2. The Morgan fingerprint density at radius 3 is 2.91 bits per heavy atom. The monoisotopic (exact) mass is 303 g/mol. The Kier molecular flexibility index (Phi) is 3.82. The highest BCUT2D eigenvalue weighted by molar-refractivity contribution is 5.87. The number of nitrogens with zero attached hydrogens (tertiary/aromatic N) is 3. The number of urea groups is 1. The molecule has 0 bridgehead atoms. The molecule has 0 radical (unpaired) electrons. The molecule has 0 saturated heterocycles. The van der Waals surface area contributed by atoms with Crippen molar-refractivity contribution in [1.29, 1.82) is 0 Å². The van der Waals surface area contributed by atoms with Crippen LogP contribution >= 0.6 is 0 Å². The van der Waals surface area contributed by atoms with E-state index < -0.39 is 0 Å². The van der Waals surface area contributed by atoms with Gasteiger partial charge >= 0.3 is 6.03 Å². The van der Waals surface area contributed by atoms with E-state index in [1.165, 1.54) is 0 Å². The van der Waals surface area contributed by atoms with E-state index in [-0.39, 0.29) is 18.1 Å². The Balaban J connectivity index is 1.50. The predicted molar refractivity (Wildman–Crippen MR) is 79.1 cm³/mol. The molecule has 0 aliphatic carbocycles. The van der Waals surface area contributed by atoms with Crippen LogP contribution in [0.1, 0.15) is 5.82 Å². The molecule has 1 aromatic heterocycles. The smallest absolute Gasteiger partial charge is 0.321 e. The first-order valence-corrected chi connectivity index (χ1v) is 6.93. The van der Waals surface area contributed by atoms with Gasteiger partial charge in [-0.1, -0.05) is 12.1 Å². The number of benzene rings is 1. The molecule has 1 aliphatic heterocycles. The molecule has 2 heterocycles. The maximum Gasteiger partial charge on any atom is 0.321 e. The minimum Gasteiger partial charge on any atom is -0.486 e. The number of aromatic nitrogens is 3. The molecule has 8 heteroatoms. The molecule has 2 N–H and O–H groups in total. The highest BCUT2D eigenvalue weighted by Gasteiger charge is 2.21. The molecular weight excluding hydrogens is 286 g/mol. The van der Waals surface area contributed by atoms with Gasteiger partial charge in [-0.25, -0.2) is 4.79 Å². The summed E-state index contributed by atoms with van der Waals surface area (Å²) in [4.78, 5) is 15.9. The molecule has 0 spiro atoms. The summed E-state index contributed by atoms with van der Waals surface area (Å²) in [6.07, 6.45) is -0.237. The van der Waals surface area contributed by atoms with Gasteiger partial charge in [0.15, 0.2) is 17.6 Å². The van der Waals surface area contributed by atoms with Crippen molar-refractivity contribution in [3.05, 3.63) is 30.1 Å². The minimum atomic E-state index is -0.381. The fourth-order valence-corrected chi connectivity index (χ4v) is 2.03. The number of carbonyl (C=O) groups excluding carboxylic acids is 1. The SMILES string of the molecule is Cc1nc(NC(=O)NCC2COc3ccccc3O2)nn1C. The van der Waals surface area contributed by atoms with Crippen molar-refractivity contribution in [2.24, 2.45) is 7.05 Å². The minimum absolute atomic E-state index is 0.237. The number of amides is 2. The Hall–Kier alpha value is -2.77. The van der Waals surface area contributed by atoms with Crippen LogP contribution in [0.2, 0.25) is 0 Å². The summed E-state index contributed by atoms with van der Waals surface area (Å²) in [5.74, 6) is 2.39. The molecule has 1 aromatic carbocycles. The van der Waals surface area contributed by atoms with Crippen molar-refractivity contribution >= 4 is 12.0 Å². The van der Waals surface area contributed by atoms with Crippen molar-refractivity contribution in [3.63, 3.8) is 0 Å². The number of anilines is 1. The molecule has 8 nitrogen and oxygen atoms in total. The van der Waals surface area contributed by atoms with Gasteiger partial charge in [0, 0.05) is 7.05 Å². The standard InChI is InChI=1S/C14H17N5O3/c1-9-16-13(18-19(9)2)17-14(20)15-7-10-8-21-11-5-3-4-6-12(11)22-10/h3-6,10H,7-8H2,1-2H3,(H2,15,17,18,20). The van der Waals surface area contributed by atoms with E-state index in [0.717, 1.165) is 11.6 Å². The third-order valence-corrected chi connectivity index (χ3v) is 3.26. The van der Waals surface area contributed by atoms with Crippen molar-refractivity contribution in [2.45, 2.75) is 13.0 Å². The highest BCUT2D eigenvalue weighted by atomic mass is 16.6. The lowest BCUT2D eigenvalue weighted by Crippen LogP contribution is -2.42. The van der Waals surface area contributed by atoms with E-state index in [1.807, 2.05) is 24.3 Å². The van der Waals surface area contributed by atoms with Gasteiger partial charge in [-0.15, -0.1) is 5.10 Å². The number of rotatable bonds is 3. The lowest BCUT2D eigenvalue weighted by atomic mass is 10.2. The van der Waals surface area contributed by atoms with Crippen LogP contribution in [-0.4, -0.2) is 40.1 Å². The number of hydrogen-bond donors (Lipinski definition) is 2. The Labute approximate surface area is 127 Å². The molecule has 1 atom stereocenters. The fraction of sp³-hybridized carbons (Fsp3) is 0.357. The summed E-state index contributed by atoms with van der Waals surface area (Å²) in [5, 5.41) is 9.34. The summed E-state index contributed by atoms with van der Waals surface area (Å²) in [7, 11) is 1.76. The second-order valence-corrected chi connectivity index (χ2v) is 4.94. The first-order valence-electron chi connectivity index (χ1n) is 6.93. The van der Waals surface area contributed by atoms with Crippen molar-refractivity contribution in [1.82, 2.24) is 20.1 Å². The average Bonchev–Trinajstić information content (AvgIpc) is 2.83. The zero-order chi connectivity index (χ0) is 15.5. The Morgan fingerprint density at radius 2 is 2.18 bits per heavy atom. The van der Waals surface area contributed by atoms with E-state index >= 15 is 0 Å². The van der Waals surface area contributed by atoms with Crippen LogP contribution in [0.4, 0.5) is 10.7 Å². The van der Waals surface area contributed by atoms with E-state index in [2.05, 4.69) is 20.7 Å². The van der Waals surface area contributed by atoms with E-state index in [9.17, 15) is 4.79 Å². The first-order chi connectivity index (χ1) is 10.6. The fourth-order valence-electron chi connectivity index (χ4n) is 2.03. The quantitative estimate of drug-likeness (QED) is 0.885. The number of carbonyl (C=O) groups is 1. The van der Waals surface area contributed by atoms with Crippen molar-refractivity contribution in [2.75, 3.05) is 18.5 Å². The molecular formula is C14H17N5O3. The molecule has 116 valence electrons. The number of fused-ring (bicyclic) bond motifs is 1. The topological polar surface area (TPSA) is 90.3 Å². The predicted octanol–water partition coefficient (Wildman–Crippen LogP) is 1.09. The van der Waals surface area contributed by atoms with E-state index in [1.54, 1.807) is 18.7 Å². The van der Waals surface area contributed by atoms with E-state index in [4.69, 9.17) is 9.47 Å². The zero-order valence-corrected chi connectivity index (χ0v) is 12.4. The van der Waals surface area contributed by atoms with Crippen LogP contribution in [0.3, 0.4) is 0 Å². The van der Waals surface area contributed by atoms with Crippen molar-refractivity contribution < 1.29 is 14.3 Å². The van der Waals surface area contributed by atoms with Gasteiger partial charge < -0.3 is 14.8 Å². The number of aryl methyl sites for hydroxylation is 2. The van der Waals surface area contributed by atoms with Gasteiger partial charge in [-0.2, -0.15) is 4.98 Å². The second kappa shape index (κ2) is 5.92. The molecule has 3 rings (SSSR count). The normalized spacial score (nSPS) is 16.2. The molecule has 1 unspecified atom stereocenters. The highest BCUT2D eigenvalue weighted by Crippen LogP contribution is 2.30. The summed E-state index contributed by atoms with van der Waals surface area (Å²) in [6, 6.07) is 7.06. The lowest BCUT2D eigenvalue weighted by Gasteiger charge is -2.26. The van der Waals surface area contributed by atoms with Crippen LogP contribution in [-0.2, 0) is 7.05 Å². The van der Waals surface area contributed by atoms with Crippen LogP contribution in [0, 0.1) is 6.92 Å². The summed E-state index contributed by atoms with van der Waals surface area (Å²) < 4.78 is 12.9. The average molecular weight is 303 g/mol. The second-order valence-electron chi connectivity index (χ2n) is 4.94. The first kappa shape index (κ1) is 14.2. The zero-order valence-electron chi connectivity index (χ0n) is 12.4. The molecule has 0 saturated carbocycles. The number of nitrogens with one attached hydrogen (secondary N) is 2. The van der Waals surface area contributed by atoms with Crippen LogP contribution in [0.25, 0.3) is 0 Å². The molecule has 0 fully saturated rings. The molecule has 22 heavy (non-hydrogen) atoms. The maximum absolute atomic E-state index is 11.8. The molecule has 1 aliphatic rings. The third kappa shape index (κ3) is 3.11. The maximum atomic E-state index is 11.8. The van der Waals surface area contributed by atoms with Crippen LogP contribution in [0.5, 0.6) is 11.5 Å². The van der Waals surface area contributed by atoms with Gasteiger partial charge in [-0.05, 0) is 19.1 Å². The number of ether oxygens (including phenoxy) is 2. The van der Waals surface area contributed by atoms with Gasteiger partial charge in [0.25, 0.3) is 0 Å². The lowest BCUT2D eigenvalue weighted by molar-refractivity contribution is 0.0922. The van der Waals surface area contributed by atoms with Gasteiger partial charge in [0.1, 0.15) is 12.4 Å². The number of hydrogen-bond acceptors (Lipinski definition) is 5.